The molecule has 0 atom stereocenters. The van der Waals surface area contributed by atoms with Gasteiger partial charge in [0.2, 0.25) is 0 Å². The summed E-state index contributed by atoms with van der Waals surface area (Å²) in [5.74, 6) is -0.996. The molecule has 21 heavy (non-hydrogen) atoms. The Morgan fingerprint density at radius 1 is 1.38 bits per heavy atom. The second kappa shape index (κ2) is 5.46. The predicted octanol–water partition coefficient (Wildman–Crippen LogP) is 3.53. The minimum Gasteiger partial charge on any atom is -0.478 e. The van der Waals surface area contributed by atoms with Crippen molar-refractivity contribution < 1.29 is 9.90 Å². The van der Waals surface area contributed by atoms with Crippen LogP contribution in [-0.2, 0) is 6.54 Å². The number of fused-ring (bicyclic) bond motifs is 1. The van der Waals surface area contributed by atoms with E-state index in [-0.39, 0.29) is 5.56 Å². The summed E-state index contributed by atoms with van der Waals surface area (Å²) < 4.78 is 0. The van der Waals surface area contributed by atoms with Crippen LogP contribution in [0.4, 0.5) is 5.69 Å². The van der Waals surface area contributed by atoms with Gasteiger partial charge in [-0.05, 0) is 24.3 Å². The number of aromatic amines is 1. The molecule has 0 fully saturated rings. The zero-order valence-corrected chi connectivity index (χ0v) is 11.7. The quantitative estimate of drug-likeness (QED) is 0.689. The van der Waals surface area contributed by atoms with Crippen molar-refractivity contribution in [3.8, 4) is 0 Å². The van der Waals surface area contributed by atoms with E-state index in [4.69, 9.17) is 16.7 Å². The number of hydrogen-bond acceptors (Lipinski definition) is 3. The Labute approximate surface area is 125 Å². The number of H-pyrrole nitrogens is 1. The number of pyridine rings is 1. The third-order valence-electron chi connectivity index (χ3n) is 3.19. The predicted molar refractivity (Wildman–Crippen MR) is 81.8 cm³/mol. The minimum absolute atomic E-state index is 0.168. The number of rotatable bonds is 4. The number of carboxylic acid groups (broad SMARTS) is 1. The first kappa shape index (κ1) is 13.5. The summed E-state index contributed by atoms with van der Waals surface area (Å²) in [4.78, 5) is 18.3. The van der Waals surface area contributed by atoms with E-state index in [1.807, 2.05) is 24.3 Å². The maximum Gasteiger partial charge on any atom is 0.339 e. The summed E-state index contributed by atoms with van der Waals surface area (Å²) in [7, 11) is 0. The van der Waals surface area contributed by atoms with Crippen molar-refractivity contribution in [2.45, 2.75) is 6.54 Å². The molecule has 0 spiro atoms. The summed E-state index contributed by atoms with van der Waals surface area (Å²) in [6.07, 6.45) is 3.08. The van der Waals surface area contributed by atoms with Gasteiger partial charge in [-0.2, -0.15) is 0 Å². The van der Waals surface area contributed by atoms with Gasteiger partial charge in [-0.1, -0.05) is 17.7 Å². The molecule has 0 aliphatic rings. The Kier molecular flexibility index (Phi) is 3.50. The molecule has 0 unspecified atom stereocenters. The lowest BCUT2D eigenvalue weighted by Gasteiger charge is -2.08. The lowest BCUT2D eigenvalue weighted by atomic mass is 10.1. The topological polar surface area (TPSA) is 78.0 Å². The van der Waals surface area contributed by atoms with E-state index in [0.717, 1.165) is 16.8 Å². The first-order valence-corrected chi connectivity index (χ1v) is 6.70. The Hall–Kier alpha value is -2.53. The summed E-state index contributed by atoms with van der Waals surface area (Å²) >= 11 is 5.93. The fourth-order valence-electron chi connectivity index (χ4n) is 2.20. The molecule has 3 N–H and O–H groups in total. The number of nitrogens with zero attached hydrogens (tertiary/aromatic N) is 1. The molecule has 0 saturated heterocycles. The molecular formula is C15H12ClN3O2. The van der Waals surface area contributed by atoms with Crippen LogP contribution in [0.5, 0.6) is 0 Å². The summed E-state index contributed by atoms with van der Waals surface area (Å²) in [6, 6.07) is 9.21. The average Bonchev–Trinajstić information content (AvgIpc) is 2.94. The van der Waals surface area contributed by atoms with Gasteiger partial charge >= 0.3 is 5.97 Å². The molecule has 2 aromatic heterocycles. The molecule has 0 bridgehead atoms. The highest BCUT2D eigenvalue weighted by molar-refractivity contribution is 6.30. The molecule has 106 valence electrons. The minimum atomic E-state index is -0.996. The Morgan fingerprint density at radius 2 is 2.24 bits per heavy atom. The summed E-state index contributed by atoms with van der Waals surface area (Å²) in [5, 5.41) is 13.8. The first-order valence-electron chi connectivity index (χ1n) is 6.33. The molecule has 2 heterocycles. The number of nitrogens with one attached hydrogen (secondary N) is 2. The van der Waals surface area contributed by atoms with Crippen LogP contribution in [0.2, 0.25) is 5.02 Å². The van der Waals surface area contributed by atoms with Gasteiger partial charge in [-0.3, -0.25) is 4.98 Å². The van der Waals surface area contributed by atoms with Crippen molar-refractivity contribution >= 4 is 34.2 Å². The van der Waals surface area contributed by atoms with Gasteiger partial charge in [-0.25, -0.2) is 4.79 Å². The van der Waals surface area contributed by atoms with Gasteiger partial charge in [-0.15, -0.1) is 0 Å². The molecule has 1 aromatic carbocycles. The maximum absolute atomic E-state index is 11.2. The van der Waals surface area contributed by atoms with E-state index in [9.17, 15) is 4.79 Å². The van der Waals surface area contributed by atoms with E-state index in [2.05, 4.69) is 15.3 Å². The molecule has 3 rings (SSSR count). The second-order valence-corrected chi connectivity index (χ2v) is 4.99. The molecule has 0 aliphatic carbocycles. The van der Waals surface area contributed by atoms with Crippen molar-refractivity contribution in [3.05, 3.63) is 59.0 Å². The molecule has 5 nitrogen and oxygen atoms in total. The lowest BCUT2D eigenvalue weighted by Crippen LogP contribution is -2.05. The van der Waals surface area contributed by atoms with E-state index < -0.39 is 5.97 Å². The monoisotopic (exact) mass is 301 g/mol. The van der Waals surface area contributed by atoms with Crippen molar-refractivity contribution in [3.63, 3.8) is 0 Å². The van der Waals surface area contributed by atoms with Gasteiger partial charge < -0.3 is 15.4 Å². The normalized spacial score (nSPS) is 10.7. The Bertz CT molecular complexity index is 814. The van der Waals surface area contributed by atoms with Crippen LogP contribution >= 0.6 is 11.6 Å². The number of carboxylic acids is 1. The van der Waals surface area contributed by atoms with Gasteiger partial charge in [0.05, 0.1) is 17.8 Å². The van der Waals surface area contributed by atoms with Crippen LogP contribution in [0.3, 0.4) is 0 Å². The third kappa shape index (κ3) is 2.68. The van der Waals surface area contributed by atoms with E-state index in [1.54, 1.807) is 12.3 Å². The van der Waals surface area contributed by atoms with Gasteiger partial charge in [0, 0.05) is 28.5 Å². The first-order chi connectivity index (χ1) is 10.1. The summed E-state index contributed by atoms with van der Waals surface area (Å²) in [5.41, 5.74) is 2.41. The van der Waals surface area contributed by atoms with Gasteiger partial charge in [0.15, 0.2) is 0 Å². The van der Waals surface area contributed by atoms with E-state index in [0.29, 0.717) is 17.1 Å². The number of halogens is 1. The second-order valence-electron chi connectivity index (χ2n) is 4.55. The number of benzene rings is 1. The average molecular weight is 302 g/mol. The molecule has 0 aliphatic heterocycles. The van der Waals surface area contributed by atoms with E-state index >= 15 is 0 Å². The molecular weight excluding hydrogens is 290 g/mol. The zero-order chi connectivity index (χ0) is 14.8. The van der Waals surface area contributed by atoms with Crippen LogP contribution in [0.15, 0.2) is 42.7 Å². The van der Waals surface area contributed by atoms with Crippen LogP contribution in [0.1, 0.15) is 16.1 Å². The van der Waals surface area contributed by atoms with Gasteiger partial charge in [0.25, 0.3) is 0 Å². The molecule has 0 amide bonds. The third-order valence-corrected chi connectivity index (χ3v) is 3.43. The van der Waals surface area contributed by atoms with E-state index in [1.165, 1.54) is 6.20 Å². The van der Waals surface area contributed by atoms with Crippen LogP contribution in [-0.4, -0.2) is 21.0 Å². The van der Waals surface area contributed by atoms with Crippen LogP contribution in [0, 0.1) is 0 Å². The Morgan fingerprint density at radius 3 is 3.00 bits per heavy atom. The van der Waals surface area contributed by atoms with Crippen LogP contribution < -0.4 is 5.32 Å². The zero-order valence-electron chi connectivity index (χ0n) is 10.9. The highest BCUT2D eigenvalue weighted by Crippen LogP contribution is 2.21. The maximum atomic E-state index is 11.2. The largest absolute Gasteiger partial charge is 0.478 e. The van der Waals surface area contributed by atoms with Crippen molar-refractivity contribution in [2.75, 3.05) is 5.32 Å². The summed E-state index contributed by atoms with van der Waals surface area (Å²) in [6.45, 7) is 0.481. The molecule has 0 radical (unpaired) electrons. The number of hydrogen-bond donors (Lipinski definition) is 3. The molecule has 3 aromatic rings. The molecule has 0 saturated carbocycles. The lowest BCUT2D eigenvalue weighted by molar-refractivity contribution is 0.0698. The smallest absolute Gasteiger partial charge is 0.339 e. The van der Waals surface area contributed by atoms with Crippen molar-refractivity contribution in [1.29, 1.82) is 0 Å². The number of anilines is 1. The van der Waals surface area contributed by atoms with Crippen LogP contribution in [0.25, 0.3) is 10.9 Å². The number of aromatic carboxylic acids is 1. The SMILES string of the molecule is O=C(O)c1cnc(CNc2cccc(Cl)c2)c2cc[nH]c12. The Balaban J connectivity index is 1.90. The standard InChI is InChI=1S/C15H12ClN3O2/c16-9-2-1-3-10(6-9)18-8-13-11-4-5-17-14(11)12(7-19-13)15(20)21/h1-7,17-18H,8H2,(H,20,21). The molecule has 6 heteroatoms. The number of aromatic nitrogens is 2. The van der Waals surface area contributed by atoms with Crippen molar-refractivity contribution in [1.82, 2.24) is 9.97 Å². The highest BCUT2D eigenvalue weighted by atomic mass is 35.5. The highest BCUT2D eigenvalue weighted by Gasteiger charge is 2.13. The van der Waals surface area contributed by atoms with Crippen molar-refractivity contribution in [2.24, 2.45) is 0 Å². The van der Waals surface area contributed by atoms with Gasteiger partial charge in [0.1, 0.15) is 5.56 Å². The number of carbonyl (C=O) groups is 1. The fourth-order valence-corrected chi connectivity index (χ4v) is 2.39. The fraction of sp³-hybridized carbons (Fsp3) is 0.0667.